The molecular weight excluding hydrogens is 823 g/mol. The van der Waals surface area contributed by atoms with Crippen LogP contribution in [0.2, 0.25) is 0 Å². The van der Waals surface area contributed by atoms with Gasteiger partial charge in [0.2, 0.25) is 11.8 Å². The highest BCUT2D eigenvalue weighted by atomic mass is 32.1. The second kappa shape index (κ2) is 14.8. The van der Waals surface area contributed by atoms with Crippen LogP contribution < -0.4 is 27.0 Å². The number of amides is 6. The van der Waals surface area contributed by atoms with Crippen molar-refractivity contribution in [2.24, 2.45) is 11.5 Å². The predicted molar refractivity (Wildman–Crippen MR) is 226 cm³/mol. The molecule has 4 bridgehead atoms. The third-order valence-electron chi connectivity index (χ3n) is 14.4. The zero-order valence-corrected chi connectivity index (χ0v) is 36.5. The number of likely N-dealkylation sites (tertiary alicyclic amines) is 2. The second-order valence-corrected chi connectivity index (χ2v) is 20.4. The summed E-state index contributed by atoms with van der Waals surface area (Å²) in [7, 11) is 0. The van der Waals surface area contributed by atoms with E-state index in [1.165, 1.54) is 22.7 Å². The molecule has 3 saturated heterocycles. The summed E-state index contributed by atoms with van der Waals surface area (Å²) in [6.07, 6.45) is 0.439. The van der Waals surface area contributed by atoms with Crippen LogP contribution in [0, 0.1) is 0 Å². The van der Waals surface area contributed by atoms with E-state index in [1.54, 1.807) is 24.6 Å². The van der Waals surface area contributed by atoms with E-state index >= 15 is 0 Å². The lowest BCUT2D eigenvalue weighted by atomic mass is 9.66. The van der Waals surface area contributed by atoms with Gasteiger partial charge in [-0.2, -0.15) is 0 Å². The van der Waals surface area contributed by atoms with E-state index in [9.17, 15) is 39.0 Å². The quantitative estimate of drug-likeness (QED) is 0.160. The maximum Gasteiger partial charge on any atom is 0.411 e. The van der Waals surface area contributed by atoms with Crippen molar-refractivity contribution in [3.05, 3.63) is 62.0 Å². The Morgan fingerprint density at radius 3 is 1.48 bits per heavy atom. The number of hydrogen-bond acceptors (Lipinski definition) is 13. The number of carbonyl (C=O) groups is 6. The average molecular weight is 876 g/mol. The van der Waals surface area contributed by atoms with Gasteiger partial charge in [0.25, 0.3) is 11.8 Å². The first-order chi connectivity index (χ1) is 28.7. The minimum Gasteiger partial charge on any atom is -0.465 e. The third kappa shape index (κ3) is 6.19. The zero-order chi connectivity index (χ0) is 44.0. The molecule has 1 aromatic carbocycles. The molecule has 8 N–H and O–H groups in total. The molecule has 8 atom stereocenters. The molecule has 2 aromatic heterocycles. The number of primary amides is 2. The number of rotatable bonds is 11. The van der Waals surface area contributed by atoms with Crippen LogP contribution in [0.3, 0.4) is 0 Å². The van der Waals surface area contributed by atoms with Gasteiger partial charge in [0, 0.05) is 66.5 Å². The summed E-state index contributed by atoms with van der Waals surface area (Å²) < 4.78 is 0. The lowest BCUT2D eigenvalue weighted by Crippen LogP contribution is -2.70. The fraction of sp³-hybridized carbons (Fsp3) is 0.571. The molecule has 3 aromatic rings. The number of imide groups is 2. The number of anilines is 1. The van der Waals surface area contributed by atoms with Gasteiger partial charge in [-0.25, -0.2) is 19.6 Å². The molecule has 0 spiro atoms. The SMILES string of the molecule is CC(C)(C)c1ccc(N2[C@@H](C3CCCN3[C@@]3(C(=O)NC(=O)O)c4nc(cs4)C3(C)CC(N)=O)CC[C@@H]2C2CCCN2[C@@]2(C(=O)NC(=O)O)c3nc(cs3)C2(C)CC(N)=O)cc1. The summed E-state index contributed by atoms with van der Waals surface area (Å²) in [6, 6.07) is 7.24. The summed E-state index contributed by atoms with van der Waals surface area (Å²) in [5.74, 6) is -2.87. The lowest BCUT2D eigenvalue weighted by molar-refractivity contribution is -0.142. The Kier molecular flexibility index (Phi) is 10.4. The van der Waals surface area contributed by atoms with Gasteiger partial charge < -0.3 is 26.6 Å². The van der Waals surface area contributed by atoms with Gasteiger partial charge in [-0.3, -0.25) is 39.6 Å². The van der Waals surface area contributed by atoms with Gasteiger partial charge in [0.05, 0.1) is 22.2 Å². The molecule has 7 heterocycles. The maximum atomic E-state index is 14.7. The number of thiazole rings is 2. The Balaban J connectivity index is 1.26. The summed E-state index contributed by atoms with van der Waals surface area (Å²) in [5.41, 5.74) is 8.82. The number of carboxylic acid groups (broad SMARTS) is 2. The van der Waals surface area contributed by atoms with Crippen molar-refractivity contribution in [3.8, 4) is 0 Å². The van der Waals surface area contributed by atoms with Crippen LogP contribution in [0.1, 0.15) is 113 Å². The molecule has 61 heavy (non-hydrogen) atoms. The van der Waals surface area contributed by atoms with Crippen molar-refractivity contribution in [2.45, 2.75) is 137 Å². The molecule has 6 amide bonds. The monoisotopic (exact) mass is 875 g/mol. The first-order valence-corrected chi connectivity index (χ1v) is 22.5. The van der Waals surface area contributed by atoms with Gasteiger partial charge in [0.15, 0.2) is 11.1 Å². The van der Waals surface area contributed by atoms with Crippen molar-refractivity contribution in [1.82, 2.24) is 30.4 Å². The first-order valence-electron chi connectivity index (χ1n) is 20.7. The minimum absolute atomic E-state index is 0.139. The van der Waals surface area contributed by atoms with Crippen LogP contribution in [0.4, 0.5) is 15.3 Å². The van der Waals surface area contributed by atoms with Crippen LogP contribution in [0.5, 0.6) is 0 Å². The molecule has 17 nitrogen and oxygen atoms in total. The van der Waals surface area contributed by atoms with Gasteiger partial charge in [-0.1, -0.05) is 46.8 Å². The number of aromatic nitrogens is 2. The van der Waals surface area contributed by atoms with Gasteiger partial charge in [0.1, 0.15) is 10.0 Å². The van der Waals surface area contributed by atoms with E-state index in [4.69, 9.17) is 21.4 Å². The second-order valence-electron chi connectivity index (χ2n) is 18.7. The van der Waals surface area contributed by atoms with Crippen LogP contribution in [-0.4, -0.2) is 103 Å². The summed E-state index contributed by atoms with van der Waals surface area (Å²) in [6.45, 7) is 10.8. The molecule has 0 saturated carbocycles. The molecule has 4 unspecified atom stereocenters. The molecule has 5 aliphatic heterocycles. The molecule has 0 aliphatic carbocycles. The Hall–Kier alpha value is -4.98. The number of carbonyl (C=O) groups excluding carboxylic acids is 4. The number of fused-ring (bicyclic) bond motifs is 4. The fourth-order valence-electron chi connectivity index (χ4n) is 11.9. The van der Waals surface area contributed by atoms with Crippen LogP contribution in [-0.2, 0) is 46.5 Å². The molecule has 19 heteroatoms. The summed E-state index contributed by atoms with van der Waals surface area (Å²) in [5, 5.41) is 28.6. The topological polar surface area (TPSA) is 254 Å². The largest absolute Gasteiger partial charge is 0.465 e. The highest BCUT2D eigenvalue weighted by Gasteiger charge is 2.71. The van der Waals surface area contributed by atoms with Gasteiger partial charge >= 0.3 is 12.2 Å². The van der Waals surface area contributed by atoms with Crippen LogP contribution in [0.15, 0.2) is 35.0 Å². The summed E-state index contributed by atoms with van der Waals surface area (Å²) >= 11 is 2.52. The van der Waals surface area contributed by atoms with E-state index in [1.807, 2.05) is 0 Å². The Morgan fingerprint density at radius 2 is 1.11 bits per heavy atom. The molecule has 5 aliphatic rings. The first kappa shape index (κ1) is 42.7. The van der Waals surface area contributed by atoms with Crippen LogP contribution in [0.25, 0.3) is 0 Å². The molecule has 0 radical (unpaired) electrons. The van der Waals surface area contributed by atoms with Crippen molar-refractivity contribution in [1.29, 1.82) is 0 Å². The fourth-order valence-corrected chi connectivity index (χ4v) is 14.5. The van der Waals surface area contributed by atoms with E-state index in [-0.39, 0.29) is 42.4 Å². The van der Waals surface area contributed by atoms with Crippen LogP contribution >= 0.6 is 22.7 Å². The molecule has 3 fully saturated rings. The van der Waals surface area contributed by atoms with Crippen molar-refractivity contribution in [3.63, 3.8) is 0 Å². The van der Waals surface area contributed by atoms with Crippen molar-refractivity contribution < 1.29 is 39.0 Å². The van der Waals surface area contributed by atoms with E-state index in [0.29, 0.717) is 73.0 Å². The van der Waals surface area contributed by atoms with Crippen molar-refractivity contribution >= 4 is 64.2 Å². The molecular formula is C42H53N9O8S2. The van der Waals surface area contributed by atoms with E-state index < -0.39 is 57.7 Å². The zero-order valence-electron chi connectivity index (χ0n) is 34.9. The standard InChI is InChI=1S/C42H53N9O8S2/c1-38(2,3)22-10-12-23(13-11-22)51-26(24-8-6-16-49(24)41(32(54)47-36(56)57)34-45-28(20-60-34)39(41,4)18-30(43)52)14-15-27(51)25-9-7-17-50(25)42(33(55)48-37(58)59)35-46-29(21-61-35)40(42,5)19-31(44)53/h10-13,20-21,24-27H,6-9,14-19H2,1-5H3,(H2,43,52)(H2,44,53)(H,47,54)(H,48,55)(H,56,57)(H,58,59)/t24?,25?,26-,27-,39?,40?,41+,42+/m1/s1. The maximum absolute atomic E-state index is 14.7. The van der Waals surface area contributed by atoms with E-state index in [2.05, 4.69) is 70.4 Å². The minimum atomic E-state index is -1.66. The Morgan fingerprint density at radius 1 is 0.705 bits per heavy atom. The van der Waals surface area contributed by atoms with Crippen molar-refractivity contribution in [2.75, 3.05) is 18.0 Å². The normalized spacial score (nSPS) is 32.0. The Bertz CT molecular complexity index is 2180. The molecule has 8 rings (SSSR count). The third-order valence-corrected chi connectivity index (χ3v) is 16.3. The lowest BCUT2D eigenvalue weighted by Gasteiger charge is -2.53. The molecule has 326 valence electrons. The average Bonchev–Trinajstić information content (AvgIpc) is 4.01. The smallest absolute Gasteiger partial charge is 0.411 e. The highest BCUT2D eigenvalue weighted by molar-refractivity contribution is 7.10. The number of nitrogens with zero attached hydrogens (tertiary/aromatic N) is 5. The van der Waals surface area contributed by atoms with Gasteiger partial charge in [-0.05, 0) is 61.6 Å². The number of hydrogen-bond donors (Lipinski definition) is 6. The van der Waals surface area contributed by atoms with Gasteiger partial charge in [-0.15, -0.1) is 22.7 Å². The highest BCUT2D eigenvalue weighted by Crippen LogP contribution is 2.60. The number of nitrogens with one attached hydrogen (secondary N) is 2. The van der Waals surface area contributed by atoms with E-state index in [0.717, 1.165) is 11.3 Å². The number of nitrogens with two attached hydrogens (primary N) is 2. The predicted octanol–water partition coefficient (Wildman–Crippen LogP) is 3.84. The summed E-state index contributed by atoms with van der Waals surface area (Å²) in [4.78, 5) is 95.7. The number of benzene rings is 1. The Labute approximate surface area is 361 Å².